The summed E-state index contributed by atoms with van der Waals surface area (Å²) in [5, 5.41) is 18.8. The first-order valence-electron chi connectivity index (χ1n) is 5.75. The van der Waals surface area contributed by atoms with Crippen LogP contribution >= 0.6 is 15.9 Å². The van der Waals surface area contributed by atoms with E-state index in [1.807, 2.05) is 13.8 Å². The van der Waals surface area contributed by atoms with Crippen molar-refractivity contribution >= 4 is 21.6 Å². The molecule has 0 N–H and O–H groups in total. The Balaban J connectivity index is 2.49. The molecule has 0 saturated heterocycles. The Morgan fingerprint density at radius 1 is 1.47 bits per heavy atom. The number of hydrogen-bond donors (Lipinski definition) is 0. The molecule has 6 nitrogen and oxygen atoms in total. The van der Waals surface area contributed by atoms with Crippen molar-refractivity contribution in [3.8, 4) is 11.5 Å². The van der Waals surface area contributed by atoms with E-state index in [1.54, 1.807) is 12.1 Å². The maximum absolute atomic E-state index is 11.0. The van der Waals surface area contributed by atoms with Gasteiger partial charge >= 0.3 is 0 Å². The fourth-order valence-corrected chi connectivity index (χ4v) is 1.81. The molecule has 0 radical (unpaired) electrons. The van der Waals surface area contributed by atoms with E-state index in [0.29, 0.717) is 11.5 Å². The van der Waals surface area contributed by atoms with Gasteiger partial charge in [-0.2, -0.15) is 0 Å². The molecule has 0 spiro atoms. The fourth-order valence-electron chi connectivity index (χ4n) is 1.63. The molecule has 0 bridgehead atoms. The molecule has 2 rings (SSSR count). The SMILES string of the molecule is CCC(Br)c1nnc(-c2cc(C)ccc2[N+](=O)[O-])o1. The van der Waals surface area contributed by atoms with Gasteiger partial charge in [-0.15, -0.1) is 10.2 Å². The molecule has 2 aromatic rings. The van der Waals surface area contributed by atoms with Gasteiger partial charge in [-0.3, -0.25) is 10.1 Å². The lowest BCUT2D eigenvalue weighted by Gasteiger charge is -2.00. The summed E-state index contributed by atoms with van der Waals surface area (Å²) in [4.78, 5) is 10.5. The predicted molar refractivity (Wildman–Crippen MR) is 73.1 cm³/mol. The van der Waals surface area contributed by atoms with Crippen LogP contribution in [0.2, 0.25) is 0 Å². The van der Waals surface area contributed by atoms with E-state index in [2.05, 4.69) is 26.1 Å². The van der Waals surface area contributed by atoms with Crippen LogP contribution in [0.5, 0.6) is 0 Å². The molecule has 0 amide bonds. The van der Waals surface area contributed by atoms with Gasteiger partial charge in [-0.1, -0.05) is 28.9 Å². The molecule has 0 aliphatic heterocycles. The van der Waals surface area contributed by atoms with Crippen LogP contribution in [0.3, 0.4) is 0 Å². The number of aryl methyl sites for hydroxylation is 1. The van der Waals surface area contributed by atoms with E-state index in [1.165, 1.54) is 6.07 Å². The summed E-state index contributed by atoms with van der Waals surface area (Å²) in [6.45, 7) is 3.82. The van der Waals surface area contributed by atoms with E-state index >= 15 is 0 Å². The van der Waals surface area contributed by atoms with Gasteiger partial charge in [0.05, 0.1) is 9.75 Å². The first-order valence-corrected chi connectivity index (χ1v) is 6.67. The molecule has 0 saturated carbocycles. The number of nitro benzene ring substituents is 1. The highest BCUT2D eigenvalue weighted by atomic mass is 79.9. The van der Waals surface area contributed by atoms with Crippen LogP contribution in [0.25, 0.3) is 11.5 Å². The van der Waals surface area contributed by atoms with Crippen LogP contribution in [0.4, 0.5) is 5.69 Å². The molecule has 19 heavy (non-hydrogen) atoms. The largest absolute Gasteiger partial charge is 0.419 e. The van der Waals surface area contributed by atoms with Crippen LogP contribution in [-0.4, -0.2) is 15.1 Å². The van der Waals surface area contributed by atoms with Crippen molar-refractivity contribution in [2.75, 3.05) is 0 Å². The Kier molecular flexibility index (Phi) is 3.94. The van der Waals surface area contributed by atoms with Gasteiger partial charge in [0.2, 0.25) is 5.89 Å². The van der Waals surface area contributed by atoms with Crippen molar-refractivity contribution in [3.05, 3.63) is 39.8 Å². The molecule has 100 valence electrons. The highest BCUT2D eigenvalue weighted by molar-refractivity contribution is 9.09. The molecule has 0 aliphatic rings. The number of alkyl halides is 1. The zero-order valence-electron chi connectivity index (χ0n) is 10.5. The smallest absolute Gasteiger partial charge is 0.282 e. The molecule has 1 unspecified atom stereocenters. The lowest BCUT2D eigenvalue weighted by atomic mass is 10.1. The van der Waals surface area contributed by atoms with Crippen LogP contribution in [0.15, 0.2) is 22.6 Å². The van der Waals surface area contributed by atoms with Crippen molar-refractivity contribution in [1.82, 2.24) is 10.2 Å². The minimum absolute atomic E-state index is 0.0385. The number of nitro groups is 1. The number of halogens is 1. The van der Waals surface area contributed by atoms with Gasteiger partial charge in [-0.05, 0) is 25.0 Å². The second-order valence-electron chi connectivity index (χ2n) is 4.10. The average Bonchev–Trinajstić information content (AvgIpc) is 2.86. The number of benzene rings is 1. The van der Waals surface area contributed by atoms with Gasteiger partial charge in [0.25, 0.3) is 11.6 Å². The lowest BCUT2D eigenvalue weighted by Crippen LogP contribution is -1.92. The number of aromatic nitrogens is 2. The van der Waals surface area contributed by atoms with Crippen molar-refractivity contribution < 1.29 is 9.34 Å². The Morgan fingerprint density at radius 3 is 2.84 bits per heavy atom. The minimum atomic E-state index is -0.454. The van der Waals surface area contributed by atoms with Crippen LogP contribution in [-0.2, 0) is 0 Å². The average molecular weight is 326 g/mol. The second kappa shape index (κ2) is 5.48. The summed E-state index contributed by atoms with van der Waals surface area (Å²) in [6, 6.07) is 4.79. The third-order valence-corrected chi connectivity index (χ3v) is 3.69. The fraction of sp³-hybridized carbons (Fsp3) is 0.333. The van der Waals surface area contributed by atoms with E-state index in [4.69, 9.17) is 4.42 Å². The van der Waals surface area contributed by atoms with Crippen LogP contribution < -0.4 is 0 Å². The van der Waals surface area contributed by atoms with Gasteiger partial charge < -0.3 is 4.42 Å². The summed E-state index contributed by atoms with van der Waals surface area (Å²) in [5.41, 5.74) is 1.20. The summed E-state index contributed by atoms with van der Waals surface area (Å²) >= 11 is 3.40. The zero-order valence-corrected chi connectivity index (χ0v) is 12.0. The lowest BCUT2D eigenvalue weighted by molar-refractivity contribution is -0.384. The molecule has 1 atom stereocenters. The van der Waals surface area contributed by atoms with E-state index in [9.17, 15) is 10.1 Å². The van der Waals surface area contributed by atoms with Crippen LogP contribution in [0.1, 0.15) is 29.6 Å². The Bertz CT molecular complexity index is 612. The second-order valence-corrected chi connectivity index (χ2v) is 5.20. The molecule has 0 aliphatic carbocycles. The van der Waals surface area contributed by atoms with E-state index in [-0.39, 0.29) is 16.4 Å². The zero-order chi connectivity index (χ0) is 14.0. The number of nitrogens with zero attached hydrogens (tertiary/aromatic N) is 3. The highest BCUT2D eigenvalue weighted by Crippen LogP contribution is 2.32. The molecule has 7 heteroatoms. The molecular weight excluding hydrogens is 314 g/mol. The van der Waals surface area contributed by atoms with Gasteiger partial charge in [0.1, 0.15) is 5.56 Å². The van der Waals surface area contributed by atoms with Gasteiger partial charge in [-0.25, -0.2) is 0 Å². The van der Waals surface area contributed by atoms with E-state index in [0.717, 1.165) is 12.0 Å². The Morgan fingerprint density at radius 2 is 2.21 bits per heavy atom. The van der Waals surface area contributed by atoms with Crippen molar-refractivity contribution in [2.24, 2.45) is 0 Å². The van der Waals surface area contributed by atoms with Crippen LogP contribution in [0, 0.1) is 17.0 Å². The first kappa shape index (κ1) is 13.7. The summed E-state index contributed by atoms with van der Waals surface area (Å²) in [5.74, 6) is 0.594. The van der Waals surface area contributed by atoms with Crippen molar-refractivity contribution in [3.63, 3.8) is 0 Å². The monoisotopic (exact) mass is 325 g/mol. The Hall–Kier alpha value is -1.76. The molecule has 1 aromatic heterocycles. The standard InChI is InChI=1S/C12H12BrN3O3/c1-3-9(13)12-15-14-11(19-12)8-6-7(2)4-5-10(8)16(17)18/h4-6,9H,3H2,1-2H3. The molecular formula is C12H12BrN3O3. The van der Waals surface area contributed by atoms with E-state index < -0.39 is 4.92 Å². The third kappa shape index (κ3) is 2.81. The number of rotatable bonds is 4. The summed E-state index contributed by atoms with van der Waals surface area (Å²) in [7, 11) is 0. The minimum Gasteiger partial charge on any atom is -0.419 e. The van der Waals surface area contributed by atoms with Gasteiger partial charge in [0, 0.05) is 6.07 Å². The molecule has 1 heterocycles. The maximum Gasteiger partial charge on any atom is 0.282 e. The van der Waals surface area contributed by atoms with Crippen molar-refractivity contribution in [2.45, 2.75) is 25.1 Å². The third-order valence-electron chi connectivity index (χ3n) is 2.65. The van der Waals surface area contributed by atoms with Gasteiger partial charge in [0.15, 0.2) is 0 Å². The molecule has 1 aromatic carbocycles. The number of hydrogen-bond acceptors (Lipinski definition) is 5. The first-order chi connectivity index (χ1) is 9.02. The summed E-state index contributed by atoms with van der Waals surface area (Å²) in [6.07, 6.45) is 0.789. The highest BCUT2D eigenvalue weighted by Gasteiger charge is 2.22. The quantitative estimate of drug-likeness (QED) is 0.485. The normalized spacial score (nSPS) is 12.4. The topological polar surface area (TPSA) is 82.1 Å². The van der Waals surface area contributed by atoms with Crippen molar-refractivity contribution in [1.29, 1.82) is 0 Å². The summed E-state index contributed by atoms with van der Waals surface area (Å²) < 4.78 is 5.49. The predicted octanol–water partition coefficient (Wildman–Crippen LogP) is 3.80. The molecule has 0 fully saturated rings. The Labute approximate surface area is 118 Å². The maximum atomic E-state index is 11.0.